The molecule has 2 aromatic carbocycles. The Labute approximate surface area is 122 Å². The van der Waals surface area contributed by atoms with E-state index < -0.39 is 16.3 Å². The summed E-state index contributed by atoms with van der Waals surface area (Å²) in [6.07, 6.45) is 3.61. The Morgan fingerprint density at radius 2 is 1.86 bits per heavy atom. The van der Waals surface area contributed by atoms with Gasteiger partial charge in [-0.15, -0.1) is 0 Å². The molecule has 0 spiro atoms. The van der Waals surface area contributed by atoms with Crippen molar-refractivity contribution >= 4 is 20.8 Å². The first kappa shape index (κ1) is 13.7. The summed E-state index contributed by atoms with van der Waals surface area (Å²) < 4.78 is 27.1. The molecule has 1 heterocycles. The average Bonchev–Trinajstić information content (AvgIpc) is 2.49. The Morgan fingerprint density at radius 1 is 1.10 bits per heavy atom. The lowest BCUT2D eigenvalue weighted by molar-refractivity contribution is 0.183. The third kappa shape index (κ3) is 2.76. The zero-order valence-electron chi connectivity index (χ0n) is 11.0. The van der Waals surface area contributed by atoms with Crippen LogP contribution in [0.4, 0.5) is 0 Å². The summed E-state index contributed by atoms with van der Waals surface area (Å²) in [7, 11) is -3.74. The topological polar surface area (TPSA) is 78.4 Å². The van der Waals surface area contributed by atoms with E-state index in [2.05, 4.69) is 10.0 Å². The van der Waals surface area contributed by atoms with E-state index in [9.17, 15) is 13.5 Å². The first-order valence-corrected chi connectivity index (χ1v) is 7.87. The van der Waals surface area contributed by atoms with E-state index in [0.717, 1.165) is 10.8 Å². The lowest BCUT2D eigenvalue weighted by Crippen LogP contribution is -2.37. The van der Waals surface area contributed by atoms with Gasteiger partial charge in [-0.3, -0.25) is 4.72 Å². The maximum absolute atomic E-state index is 12.4. The molecule has 1 aliphatic heterocycles. The maximum atomic E-state index is 12.4. The lowest BCUT2D eigenvalue weighted by atomic mass is 10.1. The van der Waals surface area contributed by atoms with Crippen molar-refractivity contribution in [3.63, 3.8) is 0 Å². The number of aliphatic hydroxyl groups excluding tert-OH is 1. The van der Waals surface area contributed by atoms with Crippen LogP contribution in [0.25, 0.3) is 10.8 Å². The van der Waals surface area contributed by atoms with Crippen molar-refractivity contribution in [2.45, 2.75) is 11.1 Å². The minimum atomic E-state index is -3.74. The van der Waals surface area contributed by atoms with Gasteiger partial charge in [-0.1, -0.05) is 30.3 Å². The zero-order chi connectivity index (χ0) is 14.9. The van der Waals surface area contributed by atoms with Crippen LogP contribution in [0.3, 0.4) is 0 Å². The van der Waals surface area contributed by atoms with Gasteiger partial charge in [0.05, 0.1) is 10.6 Å². The van der Waals surface area contributed by atoms with Gasteiger partial charge < -0.3 is 10.4 Å². The van der Waals surface area contributed by atoms with Crippen molar-refractivity contribution in [3.05, 3.63) is 66.5 Å². The van der Waals surface area contributed by atoms with Gasteiger partial charge in [-0.05, 0) is 41.3 Å². The maximum Gasteiger partial charge on any atom is 0.261 e. The van der Waals surface area contributed by atoms with Crippen LogP contribution in [0.2, 0.25) is 0 Å². The second-order valence-corrected chi connectivity index (χ2v) is 6.35. The highest BCUT2D eigenvalue weighted by molar-refractivity contribution is 7.89. The molecule has 0 amide bonds. The van der Waals surface area contributed by atoms with Gasteiger partial charge >= 0.3 is 0 Å². The molecule has 0 saturated heterocycles. The van der Waals surface area contributed by atoms with Crippen LogP contribution in [0.15, 0.2) is 71.4 Å². The number of dihydropyridines is 1. The summed E-state index contributed by atoms with van der Waals surface area (Å²) in [5.74, 6) is 0. The molecular weight excluding hydrogens is 288 g/mol. The third-order valence-electron chi connectivity index (χ3n) is 3.20. The highest BCUT2D eigenvalue weighted by Gasteiger charge is 2.20. The van der Waals surface area contributed by atoms with Gasteiger partial charge in [0, 0.05) is 0 Å². The summed E-state index contributed by atoms with van der Waals surface area (Å²) in [4.78, 5) is 0.156. The fourth-order valence-electron chi connectivity index (χ4n) is 2.12. The number of sulfonamides is 1. The number of hydrogen-bond acceptors (Lipinski definition) is 4. The van der Waals surface area contributed by atoms with E-state index in [0.29, 0.717) is 0 Å². The average molecular weight is 302 g/mol. The predicted molar refractivity (Wildman–Crippen MR) is 80.6 cm³/mol. The summed E-state index contributed by atoms with van der Waals surface area (Å²) in [5.41, 5.74) is 0.186. The van der Waals surface area contributed by atoms with Crippen molar-refractivity contribution in [3.8, 4) is 0 Å². The van der Waals surface area contributed by atoms with Crippen LogP contribution in [0, 0.1) is 0 Å². The molecule has 21 heavy (non-hydrogen) atoms. The van der Waals surface area contributed by atoms with Gasteiger partial charge in [0.25, 0.3) is 10.0 Å². The number of nitrogens with one attached hydrogen (secondary N) is 2. The second-order valence-electron chi connectivity index (χ2n) is 4.66. The number of benzene rings is 2. The van der Waals surface area contributed by atoms with Gasteiger partial charge in [-0.2, -0.15) is 0 Å². The smallest absolute Gasteiger partial charge is 0.261 e. The minimum Gasteiger partial charge on any atom is -0.368 e. The first-order chi connectivity index (χ1) is 10.1. The van der Waals surface area contributed by atoms with Gasteiger partial charge in [-0.25, -0.2) is 8.42 Å². The molecule has 5 nitrogen and oxygen atoms in total. The summed E-state index contributed by atoms with van der Waals surface area (Å²) in [5, 5.41) is 14.1. The van der Waals surface area contributed by atoms with Crippen molar-refractivity contribution in [2.24, 2.45) is 0 Å². The molecule has 6 heteroatoms. The molecule has 0 aliphatic carbocycles. The van der Waals surface area contributed by atoms with E-state index in [4.69, 9.17) is 0 Å². The van der Waals surface area contributed by atoms with E-state index in [1.165, 1.54) is 6.08 Å². The van der Waals surface area contributed by atoms with E-state index in [-0.39, 0.29) is 10.6 Å². The van der Waals surface area contributed by atoms with Crippen LogP contribution < -0.4 is 10.0 Å². The molecule has 1 aliphatic rings. The van der Waals surface area contributed by atoms with Crippen molar-refractivity contribution in [1.29, 1.82) is 0 Å². The van der Waals surface area contributed by atoms with Crippen molar-refractivity contribution < 1.29 is 13.5 Å². The van der Waals surface area contributed by atoms with Crippen molar-refractivity contribution in [1.82, 2.24) is 10.0 Å². The Morgan fingerprint density at radius 3 is 2.62 bits per heavy atom. The van der Waals surface area contributed by atoms with Crippen molar-refractivity contribution in [2.75, 3.05) is 0 Å². The molecule has 108 valence electrons. The van der Waals surface area contributed by atoms with Crippen LogP contribution in [0.1, 0.15) is 0 Å². The van der Waals surface area contributed by atoms with E-state index in [1.54, 1.807) is 30.5 Å². The molecule has 0 aromatic heterocycles. The molecule has 3 N–H and O–H groups in total. The molecular formula is C15H14N2O3S. The Balaban J connectivity index is 1.96. The fraction of sp³-hybridized carbons (Fsp3) is 0.0667. The molecule has 2 aromatic rings. The third-order valence-corrected chi connectivity index (χ3v) is 4.58. The van der Waals surface area contributed by atoms with Crippen LogP contribution in [-0.2, 0) is 10.0 Å². The highest BCUT2D eigenvalue weighted by atomic mass is 32.2. The Hall–Kier alpha value is -2.31. The number of fused-ring (bicyclic) bond motifs is 1. The first-order valence-electron chi connectivity index (χ1n) is 6.39. The van der Waals surface area contributed by atoms with Crippen LogP contribution >= 0.6 is 0 Å². The molecule has 0 fully saturated rings. The molecule has 3 rings (SSSR count). The molecule has 0 bridgehead atoms. The number of allylic oxidation sites excluding steroid dienone is 2. The SMILES string of the molecule is O=S(=O)(NC1=CC=CNC1O)c1ccc2ccccc2c1. The fourth-order valence-corrected chi connectivity index (χ4v) is 3.26. The largest absolute Gasteiger partial charge is 0.368 e. The number of hydrogen-bond donors (Lipinski definition) is 3. The minimum absolute atomic E-state index is 0.156. The molecule has 0 radical (unpaired) electrons. The van der Waals surface area contributed by atoms with E-state index >= 15 is 0 Å². The summed E-state index contributed by atoms with van der Waals surface area (Å²) >= 11 is 0. The van der Waals surface area contributed by atoms with Gasteiger partial charge in [0.2, 0.25) is 0 Å². The second kappa shape index (κ2) is 5.23. The lowest BCUT2D eigenvalue weighted by Gasteiger charge is -2.19. The molecule has 1 atom stereocenters. The molecule has 1 unspecified atom stereocenters. The normalized spacial score (nSPS) is 18.1. The zero-order valence-corrected chi connectivity index (χ0v) is 11.8. The monoisotopic (exact) mass is 302 g/mol. The Kier molecular flexibility index (Phi) is 3.40. The summed E-state index contributed by atoms with van der Waals surface area (Å²) in [6, 6.07) is 12.4. The number of rotatable bonds is 3. The van der Waals surface area contributed by atoms with Crippen LogP contribution in [-0.4, -0.2) is 19.8 Å². The quantitative estimate of drug-likeness (QED) is 0.801. The number of aliphatic hydroxyl groups is 1. The standard InChI is InChI=1S/C15H14N2O3S/c18-15-14(6-3-9-16-15)17-21(19,20)13-8-7-11-4-1-2-5-12(11)10-13/h1-10,15-18H. The van der Waals surface area contributed by atoms with Crippen LogP contribution in [0.5, 0.6) is 0 Å². The molecule has 0 saturated carbocycles. The van der Waals surface area contributed by atoms with Gasteiger partial charge in [0.15, 0.2) is 6.23 Å². The Bertz CT molecular complexity index is 841. The predicted octanol–water partition coefficient (Wildman–Crippen LogP) is 1.44. The van der Waals surface area contributed by atoms with E-state index in [1.807, 2.05) is 24.3 Å². The highest BCUT2D eigenvalue weighted by Crippen LogP contribution is 2.19. The summed E-state index contributed by atoms with van der Waals surface area (Å²) in [6.45, 7) is 0. The van der Waals surface area contributed by atoms with Gasteiger partial charge in [0.1, 0.15) is 0 Å².